The van der Waals surface area contributed by atoms with E-state index in [0.717, 1.165) is 0 Å². The molecule has 0 aromatic rings. The van der Waals surface area contributed by atoms with Crippen LogP contribution < -0.4 is 33.8 Å². The van der Waals surface area contributed by atoms with Gasteiger partial charge in [-0.05, 0) is 6.10 Å². The molecule has 0 aromatic heterocycles. The van der Waals surface area contributed by atoms with Crippen LogP contribution in [0.1, 0.15) is 0 Å². The summed E-state index contributed by atoms with van der Waals surface area (Å²) in [5.74, 6) is 0. The Hall–Kier alpha value is 1.01. The van der Waals surface area contributed by atoms with Gasteiger partial charge in [-0.25, -0.2) is 0 Å². The molecule has 0 spiro atoms. The number of hydrogen-bond donors (Lipinski definition) is 6. The zero-order chi connectivity index (χ0) is 12.4. The number of aliphatic hydroxyl groups is 6. The van der Waals surface area contributed by atoms with E-state index in [-0.39, 0.29) is 36.2 Å². The van der Waals surface area contributed by atoms with Crippen LogP contribution in [0.25, 0.3) is 0 Å². The number of aliphatic hydroxyl groups excluding tert-OH is 6. The van der Waals surface area contributed by atoms with Gasteiger partial charge in [-0.3, -0.25) is 0 Å². The van der Waals surface area contributed by atoms with Crippen molar-refractivity contribution in [2.45, 2.75) is 24.4 Å². The average Bonchev–Trinajstić information content (AvgIpc) is 2.25. The molecule has 0 aliphatic carbocycles. The van der Waals surface area contributed by atoms with E-state index >= 15 is 0 Å². The van der Waals surface area contributed by atoms with Crippen molar-refractivity contribution < 1.29 is 83.0 Å². The van der Waals surface area contributed by atoms with E-state index in [1.165, 1.54) is 0 Å². The molecule has 97 valence electrons. The van der Waals surface area contributed by atoms with E-state index in [1.54, 1.807) is 0 Å². The Morgan fingerprint density at radius 3 is 1.81 bits per heavy atom. The van der Waals surface area contributed by atoms with Gasteiger partial charge in [-0.15, -0.1) is 0 Å². The molecule has 0 fully saturated rings. The topological polar surface area (TPSA) is 162 Å². The van der Waals surface area contributed by atoms with Gasteiger partial charge in [0, 0.05) is 0 Å². The van der Waals surface area contributed by atoms with Crippen LogP contribution in [0.3, 0.4) is 0 Å². The second kappa shape index (κ2) is 14.1. The van der Waals surface area contributed by atoms with Crippen molar-refractivity contribution in [2.24, 2.45) is 0 Å². The fourth-order valence-corrected chi connectivity index (χ4v) is 0.626. The third-order valence-corrected chi connectivity index (χ3v) is 1.43. The Morgan fingerprint density at radius 1 is 1.19 bits per heavy atom. The molecule has 0 aromatic carbocycles. The molecule has 0 aliphatic heterocycles. The van der Waals surface area contributed by atoms with Crippen LogP contribution in [0.4, 0.5) is 0 Å². The van der Waals surface area contributed by atoms with Crippen molar-refractivity contribution in [3.63, 3.8) is 0 Å². The van der Waals surface area contributed by atoms with E-state index in [1.807, 2.05) is 0 Å². The summed E-state index contributed by atoms with van der Waals surface area (Å²) in [7, 11) is 0. The Morgan fingerprint density at radius 2 is 1.56 bits per heavy atom. The first-order chi connectivity index (χ1) is 6.95. The molecule has 8 nitrogen and oxygen atoms in total. The first kappa shape index (κ1) is 22.2. The molecule has 6 N–H and O–H groups in total. The SMILES string of the molecule is O[CH-][C@H](O)[C@@H](O)[C@H](O)[C@H](O)CO.[Na+].[O]=[Ni][O-]. The first-order valence-electron chi connectivity index (χ1n) is 3.61. The van der Waals surface area contributed by atoms with E-state index < -0.39 is 45.7 Å². The average molecular weight is 295 g/mol. The van der Waals surface area contributed by atoms with Crippen LogP contribution >= 0.6 is 0 Å². The van der Waals surface area contributed by atoms with Crippen molar-refractivity contribution >= 4 is 0 Å². The summed E-state index contributed by atoms with van der Waals surface area (Å²) in [6, 6.07) is 0. The van der Waals surface area contributed by atoms with Crippen LogP contribution in [0.2, 0.25) is 0 Å². The third-order valence-electron chi connectivity index (χ3n) is 1.43. The normalized spacial score (nSPS) is 17.4. The van der Waals surface area contributed by atoms with Crippen LogP contribution in [-0.2, 0) is 18.6 Å². The predicted octanol–water partition coefficient (Wildman–Crippen LogP) is -7.35. The molecule has 0 bridgehead atoms. The van der Waals surface area contributed by atoms with Gasteiger partial charge >= 0.3 is 52.4 Å². The molecule has 16 heavy (non-hydrogen) atoms. The fourth-order valence-electron chi connectivity index (χ4n) is 0.626. The number of rotatable bonds is 5. The molecule has 0 saturated heterocycles. The van der Waals surface area contributed by atoms with Crippen LogP contribution in [0, 0.1) is 6.61 Å². The van der Waals surface area contributed by atoms with E-state index in [9.17, 15) is 0 Å². The minimum atomic E-state index is -1.72. The Kier molecular flexibility index (Phi) is 19.5. The summed E-state index contributed by atoms with van der Waals surface area (Å²) < 4.78 is 16.6. The van der Waals surface area contributed by atoms with Crippen LogP contribution in [-0.4, -0.2) is 61.7 Å². The second-order valence-electron chi connectivity index (χ2n) is 2.42. The van der Waals surface area contributed by atoms with Crippen molar-refractivity contribution in [1.82, 2.24) is 0 Å². The van der Waals surface area contributed by atoms with E-state index in [0.29, 0.717) is 0 Å². The number of hydrogen-bond acceptors (Lipinski definition) is 8. The van der Waals surface area contributed by atoms with Gasteiger partial charge in [0.1, 0.15) is 12.2 Å². The molecular weight excluding hydrogens is 282 g/mol. The third kappa shape index (κ3) is 10.2. The molecule has 0 saturated carbocycles. The quantitative estimate of drug-likeness (QED) is 0.215. The van der Waals surface area contributed by atoms with Crippen LogP contribution in [0.15, 0.2) is 0 Å². The van der Waals surface area contributed by atoms with Gasteiger partial charge in [-0.1, -0.05) is 0 Å². The van der Waals surface area contributed by atoms with Gasteiger partial charge in [0.25, 0.3) is 0 Å². The van der Waals surface area contributed by atoms with Crippen molar-refractivity contribution in [1.29, 1.82) is 0 Å². The molecule has 10 heteroatoms. The molecular formula is C6H13NaNiO8-. The maximum absolute atomic E-state index is 8.94. The Labute approximate surface area is 120 Å². The standard InChI is InChI=1S/C6H13O6.Na.Ni.2O/c7-1-3(9)5(11)6(12)4(10)2-8;;;;/h1,3-12H,2H2;;;;/q-1;+1;;;-1/t3-,4+,5+,6+;;;;/m0..../s1. The molecule has 0 heterocycles. The van der Waals surface area contributed by atoms with Gasteiger partial charge in [0.2, 0.25) is 0 Å². The van der Waals surface area contributed by atoms with E-state index in [4.69, 9.17) is 38.8 Å². The molecule has 4 atom stereocenters. The molecule has 0 amide bonds. The minimum absolute atomic E-state index is 0. The predicted molar refractivity (Wildman–Crippen MR) is 38.0 cm³/mol. The molecule has 0 rings (SSSR count). The van der Waals surface area contributed by atoms with Gasteiger partial charge < -0.3 is 30.6 Å². The summed E-state index contributed by atoms with van der Waals surface area (Å²) in [5.41, 5.74) is 0. The zero-order valence-corrected chi connectivity index (χ0v) is 11.4. The van der Waals surface area contributed by atoms with Gasteiger partial charge in [-0.2, -0.15) is 6.61 Å². The van der Waals surface area contributed by atoms with Crippen LogP contribution in [0.5, 0.6) is 0 Å². The summed E-state index contributed by atoms with van der Waals surface area (Å²) >= 11 is -0.875. The zero-order valence-electron chi connectivity index (χ0n) is 8.41. The summed E-state index contributed by atoms with van der Waals surface area (Å²) in [4.78, 5) is 0. The summed E-state index contributed by atoms with van der Waals surface area (Å²) in [6.45, 7) is -0.464. The molecule has 0 radical (unpaired) electrons. The van der Waals surface area contributed by atoms with Crippen molar-refractivity contribution in [3.05, 3.63) is 6.61 Å². The summed E-state index contributed by atoms with van der Waals surface area (Å²) in [5, 5.41) is 51.9. The van der Waals surface area contributed by atoms with Crippen molar-refractivity contribution in [3.8, 4) is 0 Å². The maximum atomic E-state index is 8.94. The Balaban J connectivity index is -0.000000377. The first-order valence-corrected chi connectivity index (χ1v) is 4.41. The van der Waals surface area contributed by atoms with Gasteiger partial charge in [0.05, 0.1) is 12.7 Å². The van der Waals surface area contributed by atoms with Gasteiger partial charge in [0.15, 0.2) is 0 Å². The molecule has 0 unspecified atom stereocenters. The van der Waals surface area contributed by atoms with E-state index in [2.05, 4.69) is 0 Å². The Bertz CT molecular complexity index is 147. The monoisotopic (exact) mass is 294 g/mol. The second-order valence-corrected chi connectivity index (χ2v) is 2.59. The fraction of sp³-hybridized carbons (Fsp3) is 0.833. The van der Waals surface area contributed by atoms with Crippen molar-refractivity contribution in [2.75, 3.05) is 6.61 Å². The summed E-state index contributed by atoms with van der Waals surface area (Å²) in [6.07, 6.45) is -6.62. The molecule has 0 aliphatic rings.